The number of thiazole rings is 1. The van der Waals surface area contributed by atoms with Gasteiger partial charge in [0.05, 0.1) is 18.8 Å². The second-order valence-electron chi connectivity index (χ2n) is 5.67. The van der Waals surface area contributed by atoms with Crippen LogP contribution in [-0.4, -0.2) is 28.8 Å². The second kappa shape index (κ2) is 7.02. The van der Waals surface area contributed by atoms with Gasteiger partial charge in [0.15, 0.2) is 17.3 Å². The number of fused-ring (bicyclic) bond motifs is 1. The molecule has 2 aromatic heterocycles. The van der Waals surface area contributed by atoms with E-state index in [0.29, 0.717) is 31.8 Å². The normalized spacial score (nSPS) is 11.9. The van der Waals surface area contributed by atoms with E-state index in [1.807, 2.05) is 18.2 Å². The van der Waals surface area contributed by atoms with E-state index in [1.54, 1.807) is 44.6 Å². The molecule has 8 heteroatoms. The van der Waals surface area contributed by atoms with Crippen molar-refractivity contribution in [1.29, 1.82) is 0 Å². The Bertz CT molecular complexity index is 1250. The molecule has 4 rings (SSSR count). The van der Waals surface area contributed by atoms with E-state index in [1.165, 1.54) is 15.9 Å². The van der Waals surface area contributed by atoms with Gasteiger partial charge in [0.2, 0.25) is 4.96 Å². The highest BCUT2D eigenvalue weighted by molar-refractivity contribution is 7.15. The molecule has 0 amide bonds. The fourth-order valence-corrected chi connectivity index (χ4v) is 3.79. The maximum atomic E-state index is 12.6. The maximum Gasteiger partial charge on any atom is 0.291 e. The molecule has 0 fully saturated rings. The van der Waals surface area contributed by atoms with Crippen LogP contribution in [0.15, 0.2) is 47.3 Å². The zero-order valence-electron chi connectivity index (χ0n) is 14.5. The van der Waals surface area contributed by atoms with E-state index in [4.69, 9.17) is 21.1 Å². The summed E-state index contributed by atoms with van der Waals surface area (Å²) >= 11 is 7.28. The predicted octanol–water partition coefficient (Wildman–Crippen LogP) is 3.04. The highest BCUT2D eigenvalue weighted by Gasteiger charge is 2.14. The summed E-state index contributed by atoms with van der Waals surface area (Å²) in [6.45, 7) is 0. The monoisotopic (exact) mass is 399 g/mol. The number of ether oxygens (including phenoxy) is 2. The van der Waals surface area contributed by atoms with Gasteiger partial charge in [-0.25, -0.2) is 0 Å². The molecule has 0 aliphatic carbocycles. The van der Waals surface area contributed by atoms with Crippen molar-refractivity contribution >= 4 is 34.0 Å². The summed E-state index contributed by atoms with van der Waals surface area (Å²) in [5.41, 5.74) is 1.38. The fourth-order valence-electron chi connectivity index (χ4n) is 2.68. The van der Waals surface area contributed by atoms with E-state index >= 15 is 0 Å². The zero-order chi connectivity index (χ0) is 19.0. The molecule has 0 N–H and O–H groups in total. The molecular formula is C19H14ClN3O3S. The molecule has 0 saturated carbocycles. The lowest BCUT2D eigenvalue weighted by atomic mass is 10.2. The van der Waals surface area contributed by atoms with Gasteiger partial charge in [-0.2, -0.15) is 9.50 Å². The first-order valence-electron chi connectivity index (χ1n) is 7.98. The quantitative estimate of drug-likeness (QED) is 0.527. The van der Waals surface area contributed by atoms with Crippen LogP contribution in [0.2, 0.25) is 5.02 Å². The van der Waals surface area contributed by atoms with Crippen LogP contribution in [0.25, 0.3) is 22.4 Å². The molecule has 0 atom stereocenters. The summed E-state index contributed by atoms with van der Waals surface area (Å²) in [6, 6.07) is 12.7. The standard InChI is InChI=1S/C19H14ClN3O3S/c1-25-14-7-6-12(10-15(14)26-2)17-21-19-23(22-17)18(24)16(27-19)9-11-4-3-5-13(20)8-11/h3-10H,1-2H3/b16-9-. The van der Waals surface area contributed by atoms with Gasteiger partial charge in [-0.3, -0.25) is 4.79 Å². The number of hydrogen-bond acceptors (Lipinski definition) is 6. The third-order valence-corrected chi connectivity index (χ3v) is 5.16. The number of rotatable bonds is 4. The maximum absolute atomic E-state index is 12.6. The van der Waals surface area contributed by atoms with E-state index in [9.17, 15) is 4.79 Å². The third-order valence-electron chi connectivity index (χ3n) is 3.97. The molecule has 0 aliphatic rings. The number of nitrogens with zero attached hydrogens (tertiary/aromatic N) is 3. The number of halogens is 1. The minimum atomic E-state index is -0.214. The highest BCUT2D eigenvalue weighted by Crippen LogP contribution is 2.31. The Hall–Kier alpha value is -2.90. The molecule has 0 saturated heterocycles. The smallest absolute Gasteiger partial charge is 0.291 e. The van der Waals surface area contributed by atoms with E-state index in [0.717, 1.165) is 11.1 Å². The van der Waals surface area contributed by atoms with Crippen molar-refractivity contribution in [3.8, 4) is 22.9 Å². The van der Waals surface area contributed by atoms with Crippen LogP contribution >= 0.6 is 22.9 Å². The molecule has 0 aliphatic heterocycles. The van der Waals surface area contributed by atoms with Crippen LogP contribution in [0.5, 0.6) is 11.5 Å². The molecule has 0 bridgehead atoms. The molecule has 6 nitrogen and oxygen atoms in total. The van der Waals surface area contributed by atoms with Crippen LogP contribution in [0.4, 0.5) is 0 Å². The van der Waals surface area contributed by atoms with Crippen molar-refractivity contribution in [3.05, 3.63) is 67.9 Å². The van der Waals surface area contributed by atoms with Gasteiger partial charge < -0.3 is 9.47 Å². The second-order valence-corrected chi connectivity index (χ2v) is 7.12. The van der Waals surface area contributed by atoms with Gasteiger partial charge in [-0.1, -0.05) is 35.1 Å². The van der Waals surface area contributed by atoms with Crippen molar-refractivity contribution < 1.29 is 9.47 Å². The summed E-state index contributed by atoms with van der Waals surface area (Å²) < 4.78 is 12.4. The molecule has 136 valence electrons. The largest absolute Gasteiger partial charge is 0.493 e. The van der Waals surface area contributed by atoms with E-state index in [2.05, 4.69) is 10.1 Å². The summed E-state index contributed by atoms with van der Waals surface area (Å²) in [5, 5.41) is 4.97. The highest BCUT2D eigenvalue weighted by atomic mass is 35.5. The molecular weight excluding hydrogens is 386 g/mol. The Morgan fingerprint density at radius 1 is 1.11 bits per heavy atom. The van der Waals surface area contributed by atoms with Crippen molar-refractivity contribution in [1.82, 2.24) is 14.6 Å². The molecule has 2 heterocycles. The van der Waals surface area contributed by atoms with E-state index in [-0.39, 0.29) is 5.56 Å². The van der Waals surface area contributed by atoms with E-state index < -0.39 is 0 Å². The van der Waals surface area contributed by atoms with Gasteiger partial charge in [-0.15, -0.1) is 5.10 Å². The number of aromatic nitrogens is 3. The molecule has 2 aromatic carbocycles. The van der Waals surface area contributed by atoms with Crippen LogP contribution in [0.1, 0.15) is 5.56 Å². The Labute approximate surface area is 163 Å². The number of methoxy groups -OCH3 is 2. The average Bonchev–Trinajstić information content (AvgIpc) is 3.21. The topological polar surface area (TPSA) is 65.7 Å². The van der Waals surface area contributed by atoms with Crippen molar-refractivity contribution in [2.24, 2.45) is 0 Å². The summed E-state index contributed by atoms with van der Waals surface area (Å²) in [5.74, 6) is 1.64. The molecule has 4 aromatic rings. The number of benzene rings is 2. The lowest BCUT2D eigenvalue weighted by Gasteiger charge is -2.07. The van der Waals surface area contributed by atoms with Crippen LogP contribution in [-0.2, 0) is 0 Å². The Morgan fingerprint density at radius 3 is 2.63 bits per heavy atom. The molecule has 27 heavy (non-hydrogen) atoms. The molecule has 0 radical (unpaired) electrons. The Balaban J connectivity index is 1.78. The first-order chi connectivity index (χ1) is 13.1. The van der Waals surface area contributed by atoms with Gasteiger partial charge in [0.25, 0.3) is 5.56 Å². The van der Waals surface area contributed by atoms with Crippen LogP contribution < -0.4 is 19.6 Å². The van der Waals surface area contributed by atoms with Gasteiger partial charge in [0.1, 0.15) is 0 Å². The van der Waals surface area contributed by atoms with Gasteiger partial charge in [0, 0.05) is 10.6 Å². The van der Waals surface area contributed by atoms with Crippen LogP contribution in [0.3, 0.4) is 0 Å². The van der Waals surface area contributed by atoms with Crippen molar-refractivity contribution in [3.63, 3.8) is 0 Å². The minimum absolute atomic E-state index is 0.214. The third kappa shape index (κ3) is 3.27. The first kappa shape index (κ1) is 17.5. The molecule has 0 unspecified atom stereocenters. The van der Waals surface area contributed by atoms with Crippen molar-refractivity contribution in [2.45, 2.75) is 0 Å². The SMILES string of the molecule is COc1ccc(-c2nc3s/c(=C\c4cccc(Cl)c4)c(=O)n3n2)cc1OC. The molecule has 0 spiro atoms. The lowest BCUT2D eigenvalue weighted by molar-refractivity contribution is 0.355. The minimum Gasteiger partial charge on any atom is -0.493 e. The number of hydrogen-bond donors (Lipinski definition) is 0. The Morgan fingerprint density at radius 2 is 1.93 bits per heavy atom. The van der Waals surface area contributed by atoms with Gasteiger partial charge in [-0.05, 0) is 42.0 Å². The first-order valence-corrected chi connectivity index (χ1v) is 9.18. The Kier molecular flexibility index (Phi) is 4.55. The lowest BCUT2D eigenvalue weighted by Crippen LogP contribution is -2.23. The zero-order valence-corrected chi connectivity index (χ0v) is 16.0. The summed E-state index contributed by atoms with van der Waals surface area (Å²) in [4.78, 5) is 17.7. The average molecular weight is 400 g/mol. The van der Waals surface area contributed by atoms with Crippen molar-refractivity contribution in [2.75, 3.05) is 14.2 Å². The predicted molar refractivity (Wildman–Crippen MR) is 106 cm³/mol. The summed E-state index contributed by atoms with van der Waals surface area (Å²) in [7, 11) is 3.14. The van der Waals surface area contributed by atoms with Crippen LogP contribution in [0, 0.1) is 0 Å². The summed E-state index contributed by atoms with van der Waals surface area (Å²) in [6.07, 6.45) is 1.78. The van der Waals surface area contributed by atoms with Gasteiger partial charge >= 0.3 is 0 Å². The fraction of sp³-hybridized carbons (Fsp3) is 0.105.